The summed E-state index contributed by atoms with van der Waals surface area (Å²) in [7, 11) is 0. The van der Waals surface area contributed by atoms with Crippen molar-refractivity contribution in [1.29, 1.82) is 0 Å². The first-order valence-electron chi connectivity index (χ1n) is 8.44. The maximum Gasteiger partial charge on any atom is 0.347 e. The van der Waals surface area contributed by atoms with Gasteiger partial charge in [-0.05, 0) is 57.2 Å². The SMILES string of the molecule is CCCOC(=O)[C@H](C)Oc1ccc2c3c(c(=O)oc2c1C)CCC3. The van der Waals surface area contributed by atoms with E-state index in [1.165, 1.54) is 0 Å². The van der Waals surface area contributed by atoms with Crippen LogP contribution < -0.4 is 10.4 Å². The van der Waals surface area contributed by atoms with Gasteiger partial charge in [-0.15, -0.1) is 0 Å². The van der Waals surface area contributed by atoms with E-state index in [9.17, 15) is 9.59 Å². The Morgan fingerprint density at radius 3 is 2.79 bits per heavy atom. The zero-order valence-corrected chi connectivity index (χ0v) is 14.3. The van der Waals surface area contributed by atoms with E-state index in [0.29, 0.717) is 17.9 Å². The van der Waals surface area contributed by atoms with E-state index < -0.39 is 12.1 Å². The molecule has 0 saturated heterocycles. The van der Waals surface area contributed by atoms with Crippen LogP contribution in [-0.2, 0) is 22.4 Å². The number of rotatable bonds is 5. The minimum absolute atomic E-state index is 0.259. The largest absolute Gasteiger partial charge is 0.479 e. The van der Waals surface area contributed by atoms with Crippen LogP contribution in [0.25, 0.3) is 11.0 Å². The van der Waals surface area contributed by atoms with Crippen LogP contribution >= 0.6 is 0 Å². The molecule has 1 atom stereocenters. The predicted octanol–water partition coefficient (Wildman–Crippen LogP) is 3.31. The minimum Gasteiger partial charge on any atom is -0.479 e. The Morgan fingerprint density at radius 1 is 1.29 bits per heavy atom. The predicted molar refractivity (Wildman–Crippen MR) is 90.6 cm³/mol. The lowest BCUT2D eigenvalue weighted by Gasteiger charge is -2.16. The van der Waals surface area contributed by atoms with Gasteiger partial charge in [-0.2, -0.15) is 0 Å². The zero-order valence-electron chi connectivity index (χ0n) is 14.3. The van der Waals surface area contributed by atoms with Gasteiger partial charge in [-0.1, -0.05) is 6.92 Å². The molecule has 0 unspecified atom stereocenters. The first kappa shape index (κ1) is 16.6. The standard InChI is InChI=1S/C19H22O5/c1-4-10-22-18(20)12(3)23-16-9-8-14-13-6-5-7-15(13)19(21)24-17(14)11(16)2/h8-9,12H,4-7,10H2,1-3H3/t12-/m0/s1. The molecule has 1 heterocycles. The van der Waals surface area contributed by atoms with Gasteiger partial charge in [0, 0.05) is 16.5 Å². The molecule has 0 fully saturated rings. The van der Waals surface area contributed by atoms with E-state index in [1.54, 1.807) is 6.92 Å². The highest BCUT2D eigenvalue weighted by molar-refractivity contribution is 5.86. The molecule has 0 bridgehead atoms. The van der Waals surface area contributed by atoms with Crippen LogP contribution in [0, 0.1) is 6.92 Å². The van der Waals surface area contributed by atoms with Crippen LogP contribution in [0.3, 0.4) is 0 Å². The Hall–Kier alpha value is -2.30. The number of benzene rings is 1. The summed E-state index contributed by atoms with van der Waals surface area (Å²) >= 11 is 0. The summed E-state index contributed by atoms with van der Waals surface area (Å²) in [5, 5.41) is 0.966. The fraction of sp³-hybridized carbons (Fsp3) is 0.474. The Labute approximate surface area is 140 Å². The first-order chi connectivity index (χ1) is 11.5. The number of hydrogen-bond acceptors (Lipinski definition) is 5. The molecule has 24 heavy (non-hydrogen) atoms. The normalized spacial score (nSPS) is 14.5. The molecule has 0 amide bonds. The molecule has 0 radical (unpaired) electrons. The molecule has 128 valence electrons. The van der Waals surface area contributed by atoms with E-state index >= 15 is 0 Å². The first-order valence-corrected chi connectivity index (χ1v) is 8.44. The molecule has 0 saturated carbocycles. The van der Waals surface area contributed by atoms with E-state index in [4.69, 9.17) is 13.9 Å². The van der Waals surface area contributed by atoms with Gasteiger partial charge in [0.05, 0.1) is 6.61 Å². The molecule has 1 aromatic carbocycles. The highest BCUT2D eigenvalue weighted by Crippen LogP contribution is 2.33. The van der Waals surface area contributed by atoms with Crippen molar-refractivity contribution in [1.82, 2.24) is 0 Å². The van der Waals surface area contributed by atoms with Crippen molar-refractivity contribution < 1.29 is 18.7 Å². The van der Waals surface area contributed by atoms with Crippen molar-refractivity contribution in [3.05, 3.63) is 39.2 Å². The quantitative estimate of drug-likeness (QED) is 0.621. The molecule has 1 aliphatic carbocycles. The summed E-state index contributed by atoms with van der Waals surface area (Å²) in [5.74, 6) is 0.135. The average Bonchev–Trinajstić information content (AvgIpc) is 3.06. The number of ether oxygens (including phenoxy) is 2. The molecule has 5 heteroatoms. The number of fused-ring (bicyclic) bond motifs is 3. The van der Waals surface area contributed by atoms with Gasteiger partial charge in [0.15, 0.2) is 6.10 Å². The van der Waals surface area contributed by atoms with Crippen LogP contribution in [0.5, 0.6) is 5.75 Å². The van der Waals surface area contributed by atoms with Crippen LogP contribution in [-0.4, -0.2) is 18.7 Å². The van der Waals surface area contributed by atoms with Crippen molar-refractivity contribution in [2.24, 2.45) is 0 Å². The summed E-state index contributed by atoms with van der Waals surface area (Å²) in [5.41, 5.74) is 2.91. The fourth-order valence-corrected chi connectivity index (χ4v) is 3.15. The number of esters is 1. The van der Waals surface area contributed by atoms with Crippen LogP contribution in [0.1, 0.15) is 43.4 Å². The number of aryl methyl sites for hydroxylation is 2. The summed E-state index contributed by atoms with van der Waals surface area (Å²) in [4.78, 5) is 24.0. The number of carbonyl (C=O) groups is 1. The van der Waals surface area contributed by atoms with Gasteiger partial charge >= 0.3 is 11.6 Å². The number of carbonyl (C=O) groups excluding carboxylic acids is 1. The maximum atomic E-state index is 12.2. The van der Waals surface area contributed by atoms with Crippen LogP contribution in [0.15, 0.2) is 21.3 Å². The van der Waals surface area contributed by atoms with E-state index in [-0.39, 0.29) is 5.63 Å². The smallest absolute Gasteiger partial charge is 0.347 e. The van der Waals surface area contributed by atoms with E-state index in [1.807, 2.05) is 26.0 Å². The molecule has 1 aliphatic rings. The molecule has 2 aromatic rings. The highest BCUT2D eigenvalue weighted by Gasteiger charge is 2.23. The van der Waals surface area contributed by atoms with Crippen LogP contribution in [0.2, 0.25) is 0 Å². The van der Waals surface area contributed by atoms with Gasteiger partial charge in [0.1, 0.15) is 11.3 Å². The minimum atomic E-state index is -0.714. The highest BCUT2D eigenvalue weighted by atomic mass is 16.6. The van der Waals surface area contributed by atoms with Gasteiger partial charge in [-0.25, -0.2) is 9.59 Å². The van der Waals surface area contributed by atoms with Crippen molar-refractivity contribution >= 4 is 16.9 Å². The number of hydrogen-bond donors (Lipinski definition) is 0. The van der Waals surface area contributed by atoms with Gasteiger partial charge < -0.3 is 13.9 Å². The summed E-state index contributed by atoms with van der Waals surface area (Å²) in [6, 6.07) is 3.74. The van der Waals surface area contributed by atoms with Gasteiger partial charge in [-0.3, -0.25) is 0 Å². The second-order valence-corrected chi connectivity index (χ2v) is 6.19. The lowest BCUT2D eigenvalue weighted by Crippen LogP contribution is -2.26. The molecule has 3 rings (SSSR count). The van der Waals surface area contributed by atoms with Crippen molar-refractivity contribution in [3.8, 4) is 5.75 Å². The second kappa shape index (κ2) is 6.67. The Balaban J connectivity index is 1.94. The summed E-state index contributed by atoms with van der Waals surface area (Å²) in [6.45, 7) is 5.81. The molecular weight excluding hydrogens is 308 g/mol. The third-order valence-corrected chi connectivity index (χ3v) is 4.42. The van der Waals surface area contributed by atoms with Crippen molar-refractivity contribution in [3.63, 3.8) is 0 Å². The third kappa shape index (κ3) is 2.90. The zero-order chi connectivity index (χ0) is 17.3. The molecule has 0 N–H and O–H groups in total. The van der Waals surface area contributed by atoms with Gasteiger partial charge in [0.25, 0.3) is 0 Å². The van der Waals surface area contributed by atoms with Crippen molar-refractivity contribution in [2.45, 2.75) is 52.6 Å². The average molecular weight is 330 g/mol. The van der Waals surface area contributed by atoms with E-state index in [0.717, 1.165) is 47.8 Å². The lowest BCUT2D eigenvalue weighted by atomic mass is 10.0. The monoisotopic (exact) mass is 330 g/mol. The second-order valence-electron chi connectivity index (χ2n) is 6.19. The third-order valence-electron chi connectivity index (χ3n) is 4.42. The van der Waals surface area contributed by atoms with Gasteiger partial charge in [0.2, 0.25) is 0 Å². The Morgan fingerprint density at radius 2 is 2.04 bits per heavy atom. The summed E-state index contributed by atoms with van der Waals surface area (Å²) in [6.07, 6.45) is 2.72. The van der Waals surface area contributed by atoms with Crippen LogP contribution in [0.4, 0.5) is 0 Å². The molecule has 0 spiro atoms. The molecule has 0 aliphatic heterocycles. The lowest BCUT2D eigenvalue weighted by molar-refractivity contribution is -0.151. The Kier molecular flexibility index (Phi) is 4.60. The fourth-order valence-electron chi connectivity index (χ4n) is 3.15. The van der Waals surface area contributed by atoms with E-state index in [2.05, 4.69) is 0 Å². The summed E-state index contributed by atoms with van der Waals surface area (Å²) < 4.78 is 16.4. The molecule has 1 aromatic heterocycles. The maximum absolute atomic E-state index is 12.2. The molecular formula is C19H22O5. The van der Waals surface area contributed by atoms with Crippen molar-refractivity contribution in [2.75, 3.05) is 6.61 Å². The topological polar surface area (TPSA) is 65.7 Å². The molecule has 5 nitrogen and oxygen atoms in total. The Bertz CT molecular complexity index is 834.